The lowest BCUT2D eigenvalue weighted by Crippen LogP contribution is -1.95. The van der Waals surface area contributed by atoms with Crippen molar-refractivity contribution in [2.24, 2.45) is 0 Å². The maximum atomic E-state index is 10.9. The molecule has 0 fully saturated rings. The van der Waals surface area contributed by atoms with Gasteiger partial charge >= 0.3 is 5.97 Å². The second kappa shape index (κ2) is 4.51. The van der Waals surface area contributed by atoms with Crippen LogP contribution in [-0.4, -0.2) is 23.2 Å². The van der Waals surface area contributed by atoms with Crippen molar-refractivity contribution in [3.63, 3.8) is 0 Å². The summed E-state index contributed by atoms with van der Waals surface area (Å²) in [6.07, 6.45) is 0. The highest BCUT2D eigenvalue weighted by molar-refractivity contribution is 6.30. The molecule has 88 valence electrons. The van der Waals surface area contributed by atoms with Crippen molar-refractivity contribution >= 4 is 17.6 Å². The monoisotopic (exact) mass is 251 g/mol. The summed E-state index contributed by atoms with van der Waals surface area (Å²) in [5.74, 6) is -0.534. The second-order valence-corrected chi connectivity index (χ2v) is 3.87. The molecule has 0 radical (unpaired) electrons. The molecule has 0 bridgehead atoms. The number of benzene rings is 1. The molecule has 0 amide bonds. The van der Waals surface area contributed by atoms with E-state index in [2.05, 4.69) is 4.98 Å². The fourth-order valence-corrected chi connectivity index (χ4v) is 1.67. The van der Waals surface area contributed by atoms with Gasteiger partial charge in [0.05, 0.1) is 12.8 Å². The third-order valence-corrected chi connectivity index (χ3v) is 2.62. The van der Waals surface area contributed by atoms with Gasteiger partial charge in [-0.25, -0.2) is 4.79 Å². The standard InChI is InChI=1S/C12H10ClNO3/c1-17-10-6-9(12(15)16)14-11(10)7-2-4-8(13)5-3-7/h2-6,14H,1H3,(H,15,16). The molecule has 2 aromatic rings. The van der Waals surface area contributed by atoms with Crippen LogP contribution in [0.25, 0.3) is 11.3 Å². The third kappa shape index (κ3) is 2.26. The molecule has 1 heterocycles. The Morgan fingerprint density at radius 3 is 2.53 bits per heavy atom. The number of hydrogen-bond acceptors (Lipinski definition) is 2. The molecule has 2 rings (SSSR count). The van der Waals surface area contributed by atoms with E-state index < -0.39 is 5.97 Å². The molecule has 0 aliphatic carbocycles. The van der Waals surface area contributed by atoms with Crippen LogP contribution in [-0.2, 0) is 0 Å². The Hall–Kier alpha value is -1.94. The summed E-state index contributed by atoms with van der Waals surface area (Å²) in [5, 5.41) is 9.52. The van der Waals surface area contributed by atoms with Crippen LogP contribution in [0.4, 0.5) is 0 Å². The summed E-state index contributed by atoms with van der Waals surface area (Å²) in [7, 11) is 1.49. The number of ether oxygens (including phenoxy) is 1. The van der Waals surface area contributed by atoms with Gasteiger partial charge in [-0.2, -0.15) is 0 Å². The van der Waals surface area contributed by atoms with Gasteiger partial charge in [-0.1, -0.05) is 23.7 Å². The molecule has 1 aromatic carbocycles. The molecule has 0 saturated heterocycles. The quantitative estimate of drug-likeness (QED) is 0.881. The number of hydrogen-bond donors (Lipinski definition) is 2. The first kappa shape index (κ1) is 11.5. The van der Waals surface area contributed by atoms with E-state index in [0.717, 1.165) is 5.56 Å². The predicted molar refractivity (Wildman–Crippen MR) is 64.8 cm³/mol. The van der Waals surface area contributed by atoms with E-state index in [1.807, 2.05) is 0 Å². The van der Waals surface area contributed by atoms with E-state index in [-0.39, 0.29) is 5.69 Å². The van der Waals surface area contributed by atoms with Gasteiger partial charge in [-0.15, -0.1) is 0 Å². The van der Waals surface area contributed by atoms with Crippen molar-refractivity contribution in [1.29, 1.82) is 0 Å². The van der Waals surface area contributed by atoms with Crippen LogP contribution in [0.1, 0.15) is 10.5 Å². The zero-order valence-electron chi connectivity index (χ0n) is 9.03. The average molecular weight is 252 g/mol. The number of aromatic carboxylic acids is 1. The summed E-state index contributed by atoms with van der Waals surface area (Å²) in [4.78, 5) is 13.7. The number of nitrogens with one attached hydrogen (secondary N) is 1. The molecule has 17 heavy (non-hydrogen) atoms. The van der Waals surface area contributed by atoms with Gasteiger partial charge in [0, 0.05) is 16.7 Å². The van der Waals surface area contributed by atoms with E-state index in [1.165, 1.54) is 13.2 Å². The molecule has 0 unspecified atom stereocenters. The van der Waals surface area contributed by atoms with Crippen LogP contribution in [0.5, 0.6) is 5.75 Å². The largest absolute Gasteiger partial charge is 0.494 e. The minimum Gasteiger partial charge on any atom is -0.494 e. The Morgan fingerprint density at radius 1 is 1.35 bits per heavy atom. The number of halogens is 1. The van der Waals surface area contributed by atoms with E-state index in [0.29, 0.717) is 16.5 Å². The van der Waals surface area contributed by atoms with Crippen molar-refractivity contribution in [3.05, 3.63) is 41.0 Å². The summed E-state index contributed by atoms with van der Waals surface area (Å²) in [6, 6.07) is 8.51. The number of carboxylic acids is 1. The first-order valence-corrected chi connectivity index (χ1v) is 5.26. The van der Waals surface area contributed by atoms with E-state index in [9.17, 15) is 4.79 Å². The summed E-state index contributed by atoms with van der Waals surface area (Å²) < 4.78 is 5.13. The third-order valence-electron chi connectivity index (χ3n) is 2.36. The minimum absolute atomic E-state index is 0.0896. The molecule has 0 aliphatic rings. The zero-order valence-corrected chi connectivity index (χ0v) is 9.78. The zero-order chi connectivity index (χ0) is 12.4. The van der Waals surface area contributed by atoms with Crippen molar-refractivity contribution in [2.75, 3.05) is 7.11 Å². The van der Waals surface area contributed by atoms with Crippen molar-refractivity contribution < 1.29 is 14.6 Å². The normalized spacial score (nSPS) is 10.2. The molecule has 1 aromatic heterocycles. The Morgan fingerprint density at radius 2 is 2.00 bits per heavy atom. The number of carboxylic acid groups (broad SMARTS) is 1. The van der Waals surface area contributed by atoms with Crippen LogP contribution < -0.4 is 4.74 Å². The van der Waals surface area contributed by atoms with Crippen molar-refractivity contribution in [2.45, 2.75) is 0 Å². The van der Waals surface area contributed by atoms with E-state index in [4.69, 9.17) is 21.4 Å². The van der Waals surface area contributed by atoms with Crippen LogP contribution in [0.2, 0.25) is 5.02 Å². The van der Waals surface area contributed by atoms with Crippen LogP contribution in [0, 0.1) is 0 Å². The first-order chi connectivity index (χ1) is 8.11. The smallest absolute Gasteiger partial charge is 0.352 e. The highest BCUT2D eigenvalue weighted by Crippen LogP contribution is 2.30. The number of rotatable bonds is 3. The van der Waals surface area contributed by atoms with Gasteiger partial charge in [0.2, 0.25) is 0 Å². The number of carbonyl (C=O) groups is 1. The van der Waals surface area contributed by atoms with Crippen LogP contribution in [0.3, 0.4) is 0 Å². The maximum Gasteiger partial charge on any atom is 0.352 e. The number of methoxy groups -OCH3 is 1. The lowest BCUT2D eigenvalue weighted by molar-refractivity contribution is 0.0691. The van der Waals surface area contributed by atoms with E-state index >= 15 is 0 Å². The fourth-order valence-electron chi connectivity index (χ4n) is 1.54. The van der Waals surface area contributed by atoms with Crippen molar-refractivity contribution in [1.82, 2.24) is 4.98 Å². The molecule has 0 saturated carbocycles. The predicted octanol–water partition coefficient (Wildman–Crippen LogP) is 3.04. The van der Waals surface area contributed by atoms with Crippen LogP contribution in [0.15, 0.2) is 30.3 Å². The van der Waals surface area contributed by atoms with Crippen LogP contribution >= 0.6 is 11.6 Å². The molecule has 0 atom stereocenters. The lowest BCUT2D eigenvalue weighted by atomic mass is 10.1. The second-order valence-electron chi connectivity index (χ2n) is 3.44. The summed E-state index contributed by atoms with van der Waals surface area (Å²) >= 11 is 5.79. The Bertz CT molecular complexity index is 545. The summed E-state index contributed by atoms with van der Waals surface area (Å²) in [5.41, 5.74) is 1.53. The summed E-state index contributed by atoms with van der Waals surface area (Å²) in [6.45, 7) is 0. The highest BCUT2D eigenvalue weighted by atomic mass is 35.5. The topological polar surface area (TPSA) is 62.3 Å². The Kier molecular flexibility index (Phi) is 3.06. The van der Waals surface area contributed by atoms with Gasteiger partial charge in [0.15, 0.2) is 0 Å². The van der Waals surface area contributed by atoms with Gasteiger partial charge in [-0.05, 0) is 12.1 Å². The molecule has 0 spiro atoms. The molecular formula is C12H10ClNO3. The van der Waals surface area contributed by atoms with Gasteiger partial charge in [0.25, 0.3) is 0 Å². The lowest BCUT2D eigenvalue weighted by Gasteiger charge is -2.02. The molecule has 5 heteroatoms. The fraction of sp³-hybridized carbons (Fsp3) is 0.0833. The minimum atomic E-state index is -1.02. The highest BCUT2D eigenvalue weighted by Gasteiger charge is 2.14. The maximum absolute atomic E-state index is 10.9. The number of aromatic nitrogens is 1. The van der Waals surface area contributed by atoms with Gasteiger partial charge in [0.1, 0.15) is 11.4 Å². The number of H-pyrrole nitrogens is 1. The molecule has 2 N–H and O–H groups in total. The Balaban J connectivity index is 2.50. The molecule has 0 aliphatic heterocycles. The Labute approximate surface area is 103 Å². The van der Waals surface area contributed by atoms with Gasteiger partial charge in [-0.3, -0.25) is 0 Å². The van der Waals surface area contributed by atoms with Crippen molar-refractivity contribution in [3.8, 4) is 17.0 Å². The average Bonchev–Trinajstić information content (AvgIpc) is 2.74. The van der Waals surface area contributed by atoms with Gasteiger partial charge < -0.3 is 14.8 Å². The van der Waals surface area contributed by atoms with E-state index in [1.54, 1.807) is 24.3 Å². The SMILES string of the molecule is COc1cc(C(=O)O)[nH]c1-c1ccc(Cl)cc1. The first-order valence-electron chi connectivity index (χ1n) is 4.88. The number of aromatic amines is 1. The molecule has 4 nitrogen and oxygen atoms in total. The molecular weight excluding hydrogens is 242 g/mol.